The first-order chi connectivity index (χ1) is 15.8. The van der Waals surface area contributed by atoms with Crippen molar-refractivity contribution in [3.63, 3.8) is 0 Å². The molecule has 0 radical (unpaired) electrons. The van der Waals surface area contributed by atoms with E-state index in [9.17, 15) is 0 Å². The van der Waals surface area contributed by atoms with Gasteiger partial charge in [-0.2, -0.15) is 0 Å². The van der Waals surface area contributed by atoms with E-state index in [1.165, 1.54) is 59.1 Å². The predicted octanol–water partition coefficient (Wildman–Crippen LogP) is 8.60. The Balaban J connectivity index is 1.67. The highest BCUT2D eigenvalue weighted by Gasteiger charge is 2.15. The van der Waals surface area contributed by atoms with Gasteiger partial charge in [-0.3, -0.25) is 0 Å². The van der Waals surface area contributed by atoms with Gasteiger partial charge in [-0.25, -0.2) is 4.99 Å². The van der Waals surface area contributed by atoms with Crippen LogP contribution >= 0.6 is 11.8 Å². The maximum absolute atomic E-state index is 4.66. The summed E-state index contributed by atoms with van der Waals surface area (Å²) in [7, 11) is 2.05. The van der Waals surface area contributed by atoms with Crippen LogP contribution in [-0.4, -0.2) is 24.8 Å². The van der Waals surface area contributed by atoms with Gasteiger partial charge < -0.3 is 4.90 Å². The Hall–Kier alpha value is -2.26. The normalized spacial score (nSPS) is 16.5. The predicted molar refractivity (Wildman–Crippen MR) is 149 cm³/mol. The quantitative estimate of drug-likeness (QED) is 0.223. The van der Waals surface area contributed by atoms with Crippen LogP contribution in [0.15, 0.2) is 52.9 Å². The summed E-state index contributed by atoms with van der Waals surface area (Å²) in [5.74, 6) is 0.677. The molecule has 0 saturated carbocycles. The first kappa shape index (κ1) is 25.4. The summed E-state index contributed by atoms with van der Waals surface area (Å²) >= 11 is 1.76. The fourth-order valence-corrected chi connectivity index (χ4v) is 5.10. The van der Waals surface area contributed by atoms with E-state index in [1.54, 1.807) is 17.3 Å². The Morgan fingerprint density at radius 2 is 1.97 bits per heavy atom. The zero-order valence-corrected chi connectivity index (χ0v) is 22.2. The zero-order chi connectivity index (χ0) is 24.0. The van der Waals surface area contributed by atoms with Crippen LogP contribution in [0.3, 0.4) is 0 Å². The molecule has 0 amide bonds. The van der Waals surface area contributed by atoms with E-state index >= 15 is 0 Å². The summed E-state index contributed by atoms with van der Waals surface area (Å²) in [5.41, 5.74) is 10.6. The largest absolute Gasteiger partial charge is 0.366 e. The molecule has 1 unspecified atom stereocenters. The molecule has 1 aliphatic carbocycles. The number of benzene rings is 2. The van der Waals surface area contributed by atoms with Gasteiger partial charge in [0.25, 0.3) is 0 Å². The molecule has 33 heavy (non-hydrogen) atoms. The van der Waals surface area contributed by atoms with E-state index in [-0.39, 0.29) is 0 Å². The number of rotatable bonds is 8. The summed E-state index contributed by atoms with van der Waals surface area (Å²) in [6, 6.07) is 11.5. The monoisotopic (exact) mass is 460 g/mol. The van der Waals surface area contributed by atoms with Crippen LogP contribution in [0.1, 0.15) is 79.3 Å². The van der Waals surface area contributed by atoms with Crippen molar-refractivity contribution in [2.75, 3.05) is 13.6 Å². The van der Waals surface area contributed by atoms with Crippen molar-refractivity contribution < 1.29 is 0 Å². The van der Waals surface area contributed by atoms with Crippen molar-refractivity contribution in [1.29, 1.82) is 0 Å². The molecule has 0 saturated heterocycles. The van der Waals surface area contributed by atoms with Crippen LogP contribution < -0.4 is 0 Å². The summed E-state index contributed by atoms with van der Waals surface area (Å²) < 4.78 is 0. The molecule has 3 heteroatoms. The molecule has 0 fully saturated rings. The number of thioether (sulfide) groups is 1. The maximum Gasteiger partial charge on any atom is 0.0909 e. The average Bonchev–Trinajstić information content (AvgIpc) is 2.99. The van der Waals surface area contributed by atoms with Gasteiger partial charge in [0.2, 0.25) is 0 Å². The van der Waals surface area contributed by atoms with Crippen LogP contribution in [0.25, 0.3) is 4.91 Å². The molecule has 0 bridgehead atoms. The van der Waals surface area contributed by atoms with Crippen molar-refractivity contribution in [2.45, 2.75) is 72.6 Å². The molecule has 0 spiro atoms. The van der Waals surface area contributed by atoms with Crippen LogP contribution in [0.5, 0.6) is 0 Å². The number of hydrogen-bond donors (Lipinski definition) is 0. The van der Waals surface area contributed by atoms with E-state index in [4.69, 9.17) is 0 Å². The third-order valence-electron chi connectivity index (χ3n) is 6.75. The number of fused-ring (bicyclic) bond motifs is 1. The molecule has 2 nitrogen and oxygen atoms in total. The van der Waals surface area contributed by atoms with E-state index < -0.39 is 0 Å². The molecule has 2 aromatic carbocycles. The van der Waals surface area contributed by atoms with Crippen molar-refractivity contribution in [3.8, 4) is 0 Å². The number of allylic oxidation sites excluding steroid dienone is 1. The minimum atomic E-state index is 0.677. The molecular formula is C30H40N2S. The third kappa shape index (κ3) is 6.86. The average molecular weight is 461 g/mol. The molecule has 1 aliphatic rings. The Bertz CT molecular complexity index is 1050. The van der Waals surface area contributed by atoms with Crippen molar-refractivity contribution in [1.82, 2.24) is 4.90 Å². The summed E-state index contributed by atoms with van der Waals surface area (Å²) in [5, 5.41) is 2.27. The van der Waals surface area contributed by atoms with E-state index in [2.05, 4.69) is 86.8 Å². The maximum atomic E-state index is 4.66. The van der Waals surface area contributed by atoms with Gasteiger partial charge in [-0.15, -0.1) is 0 Å². The van der Waals surface area contributed by atoms with Gasteiger partial charge >= 0.3 is 0 Å². The topological polar surface area (TPSA) is 15.6 Å². The van der Waals surface area contributed by atoms with Crippen LogP contribution in [0, 0.1) is 13.8 Å². The Morgan fingerprint density at radius 1 is 1.18 bits per heavy atom. The van der Waals surface area contributed by atoms with Crippen molar-refractivity contribution in [2.24, 2.45) is 4.99 Å². The number of hydrogen-bond acceptors (Lipinski definition) is 2. The number of aliphatic imine (C=N–C) groups is 1. The van der Waals surface area contributed by atoms with Gasteiger partial charge in [0, 0.05) is 18.5 Å². The van der Waals surface area contributed by atoms with Crippen LogP contribution in [0.2, 0.25) is 0 Å². The second-order valence-corrected chi connectivity index (χ2v) is 10.6. The molecule has 2 aromatic rings. The lowest BCUT2D eigenvalue weighted by atomic mass is 9.93. The number of aryl methyl sites for hydroxylation is 3. The second kappa shape index (κ2) is 11.7. The Kier molecular flexibility index (Phi) is 9.02. The van der Waals surface area contributed by atoms with Gasteiger partial charge in [0.15, 0.2) is 0 Å². The third-order valence-corrected chi connectivity index (χ3v) is 7.79. The fourth-order valence-electron chi connectivity index (χ4n) is 4.41. The molecule has 3 rings (SSSR count). The summed E-state index contributed by atoms with van der Waals surface area (Å²) in [6.07, 6.45) is 8.02. The molecule has 176 valence electrons. The SMILES string of the molecule is C=C(S/C=C(\C)Cc1cc(C)c(N=CN(C)CC)cc1C)c1ccc2c(c1)CCCCC2C. The van der Waals surface area contributed by atoms with Crippen LogP contribution in [-0.2, 0) is 12.8 Å². The van der Waals surface area contributed by atoms with Crippen molar-refractivity contribution >= 4 is 28.7 Å². The standard InChI is InChI=1S/C30H40N2S/c1-8-32(7)20-31-30-17-23(4)28(16-24(30)5)15-21(2)19-33-25(6)26-13-14-29-22(3)11-9-10-12-27(29)18-26/h13-14,16-20,22H,6,8-12,15H2,1-5,7H3/b21-19+,31-20?. The van der Waals surface area contributed by atoms with Crippen LogP contribution in [0.4, 0.5) is 5.69 Å². The molecular weight excluding hydrogens is 420 g/mol. The molecule has 0 aromatic heterocycles. The highest BCUT2D eigenvalue weighted by Crippen LogP contribution is 2.35. The first-order valence-electron chi connectivity index (χ1n) is 12.3. The van der Waals surface area contributed by atoms with E-state index in [1.807, 2.05) is 13.4 Å². The van der Waals surface area contributed by atoms with E-state index in [0.29, 0.717) is 5.92 Å². The molecule has 1 atom stereocenters. The minimum Gasteiger partial charge on any atom is -0.366 e. The van der Waals surface area contributed by atoms with E-state index in [0.717, 1.165) is 23.6 Å². The molecule has 0 aliphatic heterocycles. The highest BCUT2D eigenvalue weighted by molar-refractivity contribution is 8.10. The first-order valence-corrected chi connectivity index (χ1v) is 13.1. The summed E-state index contributed by atoms with van der Waals surface area (Å²) in [6.45, 7) is 16.4. The Morgan fingerprint density at radius 3 is 2.73 bits per heavy atom. The van der Waals surface area contributed by atoms with Crippen molar-refractivity contribution in [3.05, 3.63) is 81.3 Å². The van der Waals surface area contributed by atoms with Gasteiger partial charge in [-0.05, 0) is 104 Å². The molecule has 0 N–H and O–H groups in total. The van der Waals surface area contributed by atoms with Gasteiger partial charge in [0.05, 0.1) is 12.0 Å². The van der Waals surface area contributed by atoms with Gasteiger partial charge in [0.1, 0.15) is 0 Å². The number of nitrogens with zero attached hydrogens (tertiary/aromatic N) is 2. The highest BCUT2D eigenvalue weighted by atomic mass is 32.2. The van der Waals surface area contributed by atoms with Gasteiger partial charge in [-0.1, -0.05) is 61.5 Å². The minimum absolute atomic E-state index is 0.677. The fraction of sp³-hybridized carbons (Fsp3) is 0.433. The molecule has 0 heterocycles. The lowest BCUT2D eigenvalue weighted by molar-refractivity contribution is 0.552. The summed E-state index contributed by atoms with van der Waals surface area (Å²) in [4.78, 5) is 7.88. The lowest BCUT2D eigenvalue weighted by Crippen LogP contribution is -2.14. The lowest BCUT2D eigenvalue weighted by Gasteiger charge is -2.14. The zero-order valence-electron chi connectivity index (χ0n) is 21.4. The second-order valence-electron chi connectivity index (χ2n) is 9.63. The Labute approximate surface area is 205 Å². The smallest absolute Gasteiger partial charge is 0.0909 e.